The zero-order valence-electron chi connectivity index (χ0n) is 8.93. The Morgan fingerprint density at radius 2 is 2.19 bits per heavy atom. The number of Topliss-reactive ketones (excluding diaryl/α,β-unsaturated/α-hetero) is 1. The third-order valence-electron chi connectivity index (χ3n) is 2.20. The van der Waals surface area contributed by atoms with Gasteiger partial charge in [-0.2, -0.15) is 0 Å². The molecule has 0 bridgehead atoms. The minimum absolute atomic E-state index is 0.180. The van der Waals surface area contributed by atoms with Gasteiger partial charge in [0.2, 0.25) is 0 Å². The molecule has 0 fully saturated rings. The summed E-state index contributed by atoms with van der Waals surface area (Å²) in [6.07, 6.45) is -1.81. The second-order valence-electron chi connectivity index (χ2n) is 3.49. The summed E-state index contributed by atoms with van der Waals surface area (Å²) in [5.41, 5.74) is 0.556. The maximum absolute atomic E-state index is 11.1. The number of aliphatic hydroxyl groups is 2. The minimum atomic E-state index is -1.11. The quantitative estimate of drug-likeness (QED) is 0.604. The molecule has 1 aromatic rings. The molecule has 88 valence electrons. The van der Waals surface area contributed by atoms with Crippen molar-refractivity contribution in [2.24, 2.45) is 0 Å². The van der Waals surface area contributed by atoms with E-state index in [0.29, 0.717) is 0 Å². The van der Waals surface area contributed by atoms with E-state index in [1.54, 1.807) is 18.2 Å². The first-order valence-electron chi connectivity index (χ1n) is 4.96. The van der Waals surface area contributed by atoms with Crippen LogP contribution in [-0.2, 0) is 0 Å². The van der Waals surface area contributed by atoms with Crippen LogP contribution in [0, 0.1) is 0 Å². The van der Waals surface area contributed by atoms with Gasteiger partial charge in [-0.15, -0.1) is 11.6 Å². The van der Waals surface area contributed by atoms with Crippen LogP contribution in [0.1, 0.15) is 35.6 Å². The van der Waals surface area contributed by atoms with Crippen molar-refractivity contribution in [3.05, 3.63) is 29.6 Å². The van der Waals surface area contributed by atoms with Crippen molar-refractivity contribution in [1.29, 1.82) is 0 Å². The number of alkyl halides is 1. The number of aliphatic hydroxyl groups excluding tert-OH is 2. The van der Waals surface area contributed by atoms with Gasteiger partial charge in [0.25, 0.3) is 0 Å². The van der Waals surface area contributed by atoms with Crippen molar-refractivity contribution in [2.75, 3.05) is 5.88 Å². The van der Waals surface area contributed by atoms with E-state index >= 15 is 0 Å². The summed E-state index contributed by atoms with van der Waals surface area (Å²) in [6, 6.07) is 4.75. The lowest BCUT2D eigenvalue weighted by molar-refractivity contribution is 0.0143. The van der Waals surface area contributed by atoms with Crippen molar-refractivity contribution in [3.8, 4) is 0 Å². The molecule has 16 heavy (non-hydrogen) atoms. The molecule has 0 aliphatic heterocycles. The number of carbonyl (C=O) groups is 1. The van der Waals surface area contributed by atoms with Gasteiger partial charge < -0.3 is 10.2 Å². The lowest BCUT2D eigenvalue weighted by Crippen LogP contribution is -2.20. The number of halogens is 1. The van der Waals surface area contributed by atoms with Crippen molar-refractivity contribution < 1.29 is 15.0 Å². The molecule has 1 rings (SSSR count). The van der Waals surface area contributed by atoms with E-state index in [1.807, 2.05) is 0 Å². The molecule has 4 nitrogen and oxygen atoms in total. The lowest BCUT2D eigenvalue weighted by atomic mass is 10.1. The van der Waals surface area contributed by atoms with E-state index in [1.165, 1.54) is 6.92 Å². The number of hydrogen-bond donors (Lipinski definition) is 2. The van der Waals surface area contributed by atoms with Crippen LogP contribution >= 0.6 is 11.6 Å². The monoisotopic (exact) mass is 243 g/mol. The Labute approximate surface area is 98.9 Å². The third-order valence-corrected chi connectivity index (χ3v) is 2.42. The van der Waals surface area contributed by atoms with Crippen LogP contribution in [-0.4, -0.2) is 33.0 Å². The average Bonchev–Trinajstić information content (AvgIpc) is 2.28. The largest absolute Gasteiger partial charge is 0.390 e. The number of pyridine rings is 1. The summed E-state index contributed by atoms with van der Waals surface area (Å²) in [6.45, 7) is 1.40. The Morgan fingerprint density at radius 1 is 1.50 bits per heavy atom. The molecule has 1 heterocycles. The number of ketones is 1. The summed E-state index contributed by atoms with van der Waals surface area (Å²) >= 11 is 5.46. The van der Waals surface area contributed by atoms with Gasteiger partial charge in [0.15, 0.2) is 5.78 Å². The van der Waals surface area contributed by atoms with E-state index in [-0.39, 0.29) is 29.5 Å². The van der Waals surface area contributed by atoms with Crippen molar-refractivity contribution in [2.45, 2.75) is 25.6 Å². The van der Waals surface area contributed by atoms with E-state index in [4.69, 9.17) is 11.6 Å². The summed E-state index contributed by atoms with van der Waals surface area (Å²) in [7, 11) is 0. The number of hydrogen-bond acceptors (Lipinski definition) is 4. The Morgan fingerprint density at radius 3 is 2.75 bits per heavy atom. The molecule has 0 aliphatic carbocycles. The fourth-order valence-corrected chi connectivity index (χ4v) is 1.50. The maximum Gasteiger partial charge on any atom is 0.178 e. The minimum Gasteiger partial charge on any atom is -0.390 e. The van der Waals surface area contributed by atoms with Crippen LogP contribution < -0.4 is 0 Å². The SMILES string of the molecule is CC(=O)c1cccc(C(O)C(O)CCCl)n1. The topological polar surface area (TPSA) is 70.4 Å². The van der Waals surface area contributed by atoms with Gasteiger partial charge in [-0.1, -0.05) is 6.07 Å². The zero-order valence-corrected chi connectivity index (χ0v) is 9.68. The molecule has 2 atom stereocenters. The highest BCUT2D eigenvalue weighted by molar-refractivity contribution is 6.17. The van der Waals surface area contributed by atoms with Crippen molar-refractivity contribution in [1.82, 2.24) is 4.98 Å². The molecular formula is C11H14ClNO3. The van der Waals surface area contributed by atoms with Crippen molar-refractivity contribution >= 4 is 17.4 Å². The van der Waals surface area contributed by atoms with Crippen LogP contribution in [0.4, 0.5) is 0 Å². The fourth-order valence-electron chi connectivity index (χ4n) is 1.28. The van der Waals surface area contributed by atoms with Gasteiger partial charge in [0, 0.05) is 12.8 Å². The highest BCUT2D eigenvalue weighted by atomic mass is 35.5. The van der Waals surface area contributed by atoms with Crippen LogP contribution in [0.15, 0.2) is 18.2 Å². The number of carbonyl (C=O) groups excluding carboxylic acids is 1. The van der Waals surface area contributed by atoms with Gasteiger partial charge in [-0.3, -0.25) is 4.79 Å². The second kappa shape index (κ2) is 5.94. The first-order chi connectivity index (χ1) is 7.56. The Bertz CT molecular complexity index is 370. The average molecular weight is 244 g/mol. The van der Waals surface area contributed by atoms with E-state index in [9.17, 15) is 15.0 Å². The fraction of sp³-hybridized carbons (Fsp3) is 0.455. The summed E-state index contributed by atoms with van der Waals surface area (Å²) in [4.78, 5) is 15.1. The van der Waals surface area contributed by atoms with E-state index in [2.05, 4.69) is 4.98 Å². The molecule has 2 unspecified atom stereocenters. The normalized spacial score (nSPS) is 14.5. The lowest BCUT2D eigenvalue weighted by Gasteiger charge is -2.16. The number of nitrogens with zero attached hydrogens (tertiary/aromatic N) is 1. The molecule has 0 spiro atoms. The van der Waals surface area contributed by atoms with Gasteiger partial charge in [-0.05, 0) is 18.6 Å². The highest BCUT2D eigenvalue weighted by Crippen LogP contribution is 2.17. The van der Waals surface area contributed by atoms with Gasteiger partial charge in [0.05, 0.1) is 11.8 Å². The molecule has 1 aromatic heterocycles. The maximum atomic E-state index is 11.1. The predicted octanol–water partition coefficient (Wildman–Crippen LogP) is 1.31. The standard InChI is InChI=1S/C11H14ClNO3/c1-7(14)8-3-2-4-9(13-8)11(16)10(15)5-6-12/h2-4,10-11,15-16H,5-6H2,1H3. The Balaban J connectivity index is 2.86. The molecule has 0 aliphatic rings. The van der Waals surface area contributed by atoms with Crippen LogP contribution in [0.5, 0.6) is 0 Å². The van der Waals surface area contributed by atoms with Crippen LogP contribution in [0.3, 0.4) is 0 Å². The molecule has 0 aromatic carbocycles. The summed E-state index contributed by atoms with van der Waals surface area (Å²) in [5.74, 6) is 0.0749. The molecule has 0 saturated carbocycles. The molecule has 0 saturated heterocycles. The zero-order chi connectivity index (χ0) is 12.1. The summed E-state index contributed by atoms with van der Waals surface area (Å²) < 4.78 is 0. The van der Waals surface area contributed by atoms with E-state index in [0.717, 1.165) is 0 Å². The third kappa shape index (κ3) is 3.27. The molecule has 5 heteroatoms. The van der Waals surface area contributed by atoms with Gasteiger partial charge in [-0.25, -0.2) is 4.98 Å². The second-order valence-corrected chi connectivity index (χ2v) is 3.87. The van der Waals surface area contributed by atoms with Gasteiger partial charge in [0.1, 0.15) is 11.8 Å². The van der Waals surface area contributed by atoms with Crippen LogP contribution in [0.2, 0.25) is 0 Å². The van der Waals surface area contributed by atoms with Crippen molar-refractivity contribution in [3.63, 3.8) is 0 Å². The first-order valence-corrected chi connectivity index (χ1v) is 5.49. The molecular weight excluding hydrogens is 230 g/mol. The molecule has 0 amide bonds. The molecule has 0 radical (unpaired) electrons. The Hall–Kier alpha value is -0.970. The highest BCUT2D eigenvalue weighted by Gasteiger charge is 2.19. The predicted molar refractivity (Wildman–Crippen MR) is 60.5 cm³/mol. The van der Waals surface area contributed by atoms with Gasteiger partial charge >= 0.3 is 0 Å². The Kier molecular flexibility index (Phi) is 4.86. The number of aromatic nitrogens is 1. The number of rotatable bonds is 5. The first kappa shape index (κ1) is 13.1. The molecule has 2 N–H and O–H groups in total. The van der Waals surface area contributed by atoms with E-state index < -0.39 is 12.2 Å². The summed E-state index contributed by atoms with van der Waals surface area (Å²) in [5, 5.41) is 19.3. The van der Waals surface area contributed by atoms with Crippen LogP contribution in [0.25, 0.3) is 0 Å². The smallest absolute Gasteiger partial charge is 0.178 e.